The van der Waals surface area contributed by atoms with E-state index in [9.17, 15) is 9.59 Å². The van der Waals surface area contributed by atoms with Crippen molar-refractivity contribution in [3.63, 3.8) is 0 Å². The first-order valence-corrected chi connectivity index (χ1v) is 9.26. The molecule has 3 rings (SSSR count). The van der Waals surface area contributed by atoms with Crippen LogP contribution in [0.25, 0.3) is 16.8 Å². The summed E-state index contributed by atoms with van der Waals surface area (Å²) in [5.41, 5.74) is 0.513. The van der Waals surface area contributed by atoms with E-state index in [1.165, 1.54) is 0 Å². The fourth-order valence-electron chi connectivity index (χ4n) is 3.10. The average molecular weight is 366 g/mol. The maximum Gasteiger partial charge on any atom is 0.410 e. The van der Waals surface area contributed by atoms with Crippen LogP contribution in [0.3, 0.4) is 0 Å². The Labute approximate surface area is 160 Å². The molecule has 5 heteroatoms. The molecular weight excluding hydrogens is 340 g/mol. The normalized spacial score (nSPS) is 15.4. The summed E-state index contributed by atoms with van der Waals surface area (Å²) in [4.78, 5) is 28.1. The van der Waals surface area contributed by atoms with Crippen LogP contribution in [0, 0.1) is 0 Å². The minimum Gasteiger partial charge on any atom is -0.444 e. The smallest absolute Gasteiger partial charge is 0.410 e. The van der Waals surface area contributed by atoms with E-state index >= 15 is 0 Å². The number of nitrogens with zero attached hydrogens (tertiary/aromatic N) is 2. The Morgan fingerprint density at radius 1 is 0.926 bits per heavy atom. The molecule has 2 aromatic rings. The summed E-state index contributed by atoms with van der Waals surface area (Å²) in [5.74, 6) is -0.0354. The zero-order valence-corrected chi connectivity index (χ0v) is 16.1. The zero-order chi connectivity index (χ0) is 19.4. The number of carbonyl (C=O) groups is 2. The van der Waals surface area contributed by atoms with Gasteiger partial charge in [-0.05, 0) is 43.2 Å². The quantitative estimate of drug-likeness (QED) is 0.757. The average Bonchev–Trinajstić information content (AvgIpc) is 2.65. The fraction of sp³-hybridized carbons (Fsp3) is 0.364. The molecular formula is C22H26N2O3. The van der Waals surface area contributed by atoms with Crippen molar-refractivity contribution in [2.24, 2.45) is 0 Å². The number of amides is 2. The molecule has 2 amide bonds. The van der Waals surface area contributed by atoms with Crippen LogP contribution < -0.4 is 0 Å². The highest BCUT2D eigenvalue weighted by Crippen LogP contribution is 2.20. The predicted octanol–water partition coefficient (Wildman–Crippen LogP) is 3.93. The minimum atomic E-state index is -0.509. The van der Waals surface area contributed by atoms with Crippen molar-refractivity contribution in [2.45, 2.75) is 26.4 Å². The van der Waals surface area contributed by atoms with Crippen molar-refractivity contribution < 1.29 is 14.3 Å². The van der Waals surface area contributed by atoms with Gasteiger partial charge in [0, 0.05) is 32.3 Å². The van der Waals surface area contributed by atoms with Crippen molar-refractivity contribution in [3.8, 4) is 0 Å². The first-order chi connectivity index (χ1) is 12.8. The van der Waals surface area contributed by atoms with Gasteiger partial charge < -0.3 is 14.5 Å². The first kappa shape index (κ1) is 19.0. The van der Waals surface area contributed by atoms with Gasteiger partial charge in [-0.15, -0.1) is 0 Å². The number of hydrogen-bond acceptors (Lipinski definition) is 3. The van der Waals surface area contributed by atoms with E-state index in [0.717, 1.165) is 16.3 Å². The van der Waals surface area contributed by atoms with Gasteiger partial charge in [-0.2, -0.15) is 0 Å². The molecule has 1 saturated heterocycles. The van der Waals surface area contributed by atoms with Gasteiger partial charge in [-0.25, -0.2) is 4.79 Å². The van der Waals surface area contributed by atoms with E-state index in [1.807, 2.05) is 51.1 Å². The van der Waals surface area contributed by atoms with Crippen molar-refractivity contribution in [2.75, 3.05) is 26.2 Å². The maximum absolute atomic E-state index is 12.5. The van der Waals surface area contributed by atoms with Crippen molar-refractivity contribution in [1.82, 2.24) is 9.80 Å². The summed E-state index contributed by atoms with van der Waals surface area (Å²) in [5, 5.41) is 2.27. The molecule has 0 atom stereocenters. The number of piperazine rings is 1. The molecule has 0 radical (unpaired) electrons. The molecule has 1 aliphatic rings. The van der Waals surface area contributed by atoms with Gasteiger partial charge in [0.2, 0.25) is 5.91 Å². The maximum atomic E-state index is 12.5. The fourth-order valence-corrected chi connectivity index (χ4v) is 3.10. The Bertz CT molecular complexity index is 854. The van der Waals surface area contributed by atoms with E-state index in [-0.39, 0.29) is 12.0 Å². The molecule has 1 heterocycles. The van der Waals surface area contributed by atoms with Crippen molar-refractivity contribution >= 4 is 28.8 Å². The highest BCUT2D eigenvalue weighted by Gasteiger charge is 2.26. The van der Waals surface area contributed by atoms with Crippen LogP contribution in [0.4, 0.5) is 4.79 Å². The van der Waals surface area contributed by atoms with Gasteiger partial charge >= 0.3 is 6.09 Å². The molecule has 0 saturated carbocycles. The Hall–Kier alpha value is -2.82. The minimum absolute atomic E-state index is 0.0354. The van der Waals surface area contributed by atoms with Crippen LogP contribution in [0.15, 0.2) is 48.5 Å². The van der Waals surface area contributed by atoms with Gasteiger partial charge in [0.15, 0.2) is 0 Å². The third kappa shape index (κ3) is 4.88. The standard InChI is InChI=1S/C22H26N2O3/c1-22(2,3)27-21(26)24-15-13-23(14-16-24)20(25)12-11-18-9-6-8-17-7-4-5-10-19(17)18/h4-12H,13-16H2,1-3H3/b12-11+. The van der Waals surface area contributed by atoms with E-state index in [0.29, 0.717) is 26.2 Å². The molecule has 0 unspecified atom stereocenters. The highest BCUT2D eigenvalue weighted by atomic mass is 16.6. The second-order valence-electron chi connectivity index (χ2n) is 7.69. The summed E-state index contributed by atoms with van der Waals surface area (Å²) in [6.07, 6.45) is 3.16. The largest absolute Gasteiger partial charge is 0.444 e. The number of hydrogen-bond donors (Lipinski definition) is 0. The van der Waals surface area contributed by atoms with Crippen LogP contribution in [0.5, 0.6) is 0 Å². The molecule has 0 bridgehead atoms. The third-order valence-electron chi connectivity index (χ3n) is 4.47. The SMILES string of the molecule is CC(C)(C)OC(=O)N1CCN(C(=O)/C=C/c2cccc3ccccc23)CC1. The number of carbonyl (C=O) groups excluding carboxylic acids is 2. The third-order valence-corrected chi connectivity index (χ3v) is 4.47. The summed E-state index contributed by atoms with van der Waals surface area (Å²) in [6.45, 7) is 7.55. The monoisotopic (exact) mass is 366 g/mol. The molecule has 142 valence electrons. The lowest BCUT2D eigenvalue weighted by molar-refractivity contribution is -0.127. The predicted molar refractivity (Wildman–Crippen MR) is 107 cm³/mol. The van der Waals surface area contributed by atoms with Crippen LogP contribution in [0.1, 0.15) is 26.3 Å². The second kappa shape index (κ2) is 7.82. The Balaban J connectivity index is 1.60. The summed E-state index contributed by atoms with van der Waals surface area (Å²) < 4.78 is 5.39. The van der Waals surface area contributed by atoms with E-state index in [2.05, 4.69) is 18.2 Å². The molecule has 1 aliphatic heterocycles. The Morgan fingerprint density at radius 3 is 2.26 bits per heavy atom. The lowest BCUT2D eigenvalue weighted by Crippen LogP contribution is -2.51. The van der Waals surface area contributed by atoms with E-state index in [1.54, 1.807) is 15.9 Å². The molecule has 2 aromatic carbocycles. The van der Waals surface area contributed by atoms with Crippen molar-refractivity contribution in [3.05, 3.63) is 54.1 Å². The Kier molecular flexibility index (Phi) is 5.49. The van der Waals surface area contributed by atoms with Gasteiger partial charge in [0.25, 0.3) is 0 Å². The van der Waals surface area contributed by atoms with Crippen molar-refractivity contribution in [1.29, 1.82) is 0 Å². The first-order valence-electron chi connectivity index (χ1n) is 9.26. The number of ether oxygens (including phenoxy) is 1. The Morgan fingerprint density at radius 2 is 1.56 bits per heavy atom. The molecule has 1 fully saturated rings. The van der Waals surface area contributed by atoms with Gasteiger partial charge in [-0.1, -0.05) is 42.5 Å². The summed E-state index contributed by atoms with van der Waals surface area (Å²) >= 11 is 0. The summed E-state index contributed by atoms with van der Waals surface area (Å²) in [6, 6.07) is 14.2. The van der Waals surface area contributed by atoms with Gasteiger partial charge in [0.05, 0.1) is 0 Å². The summed E-state index contributed by atoms with van der Waals surface area (Å²) in [7, 11) is 0. The molecule has 0 spiro atoms. The van der Waals surface area contributed by atoms with Crippen LogP contribution >= 0.6 is 0 Å². The topological polar surface area (TPSA) is 49.9 Å². The number of rotatable bonds is 2. The van der Waals surface area contributed by atoms with E-state index in [4.69, 9.17) is 4.74 Å². The van der Waals surface area contributed by atoms with Gasteiger partial charge in [-0.3, -0.25) is 4.79 Å². The number of fused-ring (bicyclic) bond motifs is 1. The molecule has 0 aliphatic carbocycles. The molecule has 27 heavy (non-hydrogen) atoms. The lowest BCUT2D eigenvalue weighted by atomic mass is 10.0. The van der Waals surface area contributed by atoms with Gasteiger partial charge in [0.1, 0.15) is 5.60 Å². The molecule has 0 N–H and O–H groups in total. The van der Waals surface area contributed by atoms with Crippen LogP contribution in [-0.4, -0.2) is 53.6 Å². The van der Waals surface area contributed by atoms with Crippen LogP contribution in [-0.2, 0) is 9.53 Å². The lowest BCUT2D eigenvalue weighted by Gasteiger charge is -2.35. The second-order valence-corrected chi connectivity index (χ2v) is 7.69. The van der Waals surface area contributed by atoms with E-state index < -0.39 is 5.60 Å². The number of benzene rings is 2. The molecule has 0 aromatic heterocycles. The zero-order valence-electron chi connectivity index (χ0n) is 16.1. The highest BCUT2D eigenvalue weighted by molar-refractivity contribution is 5.96. The van der Waals surface area contributed by atoms with Crippen LogP contribution in [0.2, 0.25) is 0 Å². The molecule has 5 nitrogen and oxygen atoms in total.